The first-order valence-corrected chi connectivity index (χ1v) is 10.2. The molecule has 2 aromatic heterocycles. The van der Waals surface area contributed by atoms with Gasteiger partial charge in [0.2, 0.25) is 0 Å². The van der Waals surface area contributed by atoms with Crippen LogP contribution in [0.25, 0.3) is 11.4 Å². The van der Waals surface area contributed by atoms with E-state index in [0.717, 1.165) is 36.5 Å². The van der Waals surface area contributed by atoms with Gasteiger partial charge in [-0.2, -0.15) is 0 Å². The summed E-state index contributed by atoms with van der Waals surface area (Å²) in [4.78, 5) is 13.4. The molecule has 0 aromatic carbocycles. The third-order valence-electron chi connectivity index (χ3n) is 4.51. The highest BCUT2D eigenvalue weighted by Crippen LogP contribution is 2.17. The molecule has 4 heteroatoms. The van der Waals surface area contributed by atoms with Crippen LogP contribution >= 0.6 is 0 Å². The van der Waals surface area contributed by atoms with Crippen molar-refractivity contribution in [3.63, 3.8) is 0 Å². The number of hydrogen-bond acceptors (Lipinski definition) is 4. The molecule has 0 unspecified atom stereocenters. The third-order valence-corrected chi connectivity index (χ3v) is 4.51. The number of ether oxygens (including phenoxy) is 1. The summed E-state index contributed by atoms with van der Waals surface area (Å²) in [6.45, 7) is 5.20. The van der Waals surface area contributed by atoms with Gasteiger partial charge in [0.1, 0.15) is 0 Å². The molecule has 2 heterocycles. The van der Waals surface area contributed by atoms with Crippen LogP contribution in [0, 0.1) is 0 Å². The van der Waals surface area contributed by atoms with Crippen molar-refractivity contribution >= 4 is 0 Å². The molecule has 2 rings (SSSR count). The van der Waals surface area contributed by atoms with Crippen LogP contribution in [0.1, 0.15) is 77.3 Å². The maximum absolute atomic E-state index is 5.72. The van der Waals surface area contributed by atoms with Crippen LogP contribution in [0.15, 0.2) is 30.7 Å². The molecule has 0 atom stereocenters. The minimum absolute atomic E-state index is 0.699. The normalized spacial score (nSPS) is 10.8. The van der Waals surface area contributed by atoms with Crippen LogP contribution in [0.4, 0.5) is 0 Å². The van der Waals surface area contributed by atoms with Gasteiger partial charge in [-0.25, -0.2) is 9.97 Å². The number of aryl methyl sites for hydroxylation is 1. The molecule has 0 N–H and O–H groups in total. The standard InChI is InChI=1S/C22H33N3O/c1-3-5-7-9-11-15-26-21-17-24-22(25-18-21)19-13-14-20(23-16-19)12-10-8-6-4-2/h13-14,16-18H,3-12,15H2,1-2H3. The van der Waals surface area contributed by atoms with Crippen molar-refractivity contribution in [3.05, 3.63) is 36.4 Å². The van der Waals surface area contributed by atoms with Gasteiger partial charge >= 0.3 is 0 Å². The van der Waals surface area contributed by atoms with E-state index in [1.54, 1.807) is 12.4 Å². The van der Waals surface area contributed by atoms with Gasteiger partial charge in [-0.05, 0) is 31.4 Å². The van der Waals surface area contributed by atoms with E-state index in [1.807, 2.05) is 6.20 Å². The van der Waals surface area contributed by atoms with Crippen molar-refractivity contribution in [2.24, 2.45) is 0 Å². The molecule has 2 aromatic rings. The average Bonchev–Trinajstić information content (AvgIpc) is 2.69. The molecule has 0 saturated carbocycles. The Morgan fingerprint density at radius 2 is 1.42 bits per heavy atom. The zero-order valence-corrected chi connectivity index (χ0v) is 16.4. The topological polar surface area (TPSA) is 47.9 Å². The second-order valence-electron chi connectivity index (χ2n) is 6.85. The Balaban J connectivity index is 1.76. The van der Waals surface area contributed by atoms with Gasteiger partial charge in [0.25, 0.3) is 0 Å². The molecule has 0 aliphatic carbocycles. The summed E-state index contributed by atoms with van der Waals surface area (Å²) >= 11 is 0. The van der Waals surface area contributed by atoms with Crippen LogP contribution in [0.2, 0.25) is 0 Å². The molecule has 0 aliphatic heterocycles. The quantitative estimate of drug-likeness (QED) is 0.413. The van der Waals surface area contributed by atoms with E-state index < -0.39 is 0 Å². The lowest BCUT2D eigenvalue weighted by atomic mass is 10.1. The van der Waals surface area contributed by atoms with Gasteiger partial charge < -0.3 is 4.74 Å². The smallest absolute Gasteiger partial charge is 0.160 e. The maximum atomic E-state index is 5.72. The number of aromatic nitrogens is 3. The lowest BCUT2D eigenvalue weighted by molar-refractivity contribution is 0.302. The number of hydrogen-bond donors (Lipinski definition) is 0. The molecular formula is C22H33N3O. The van der Waals surface area contributed by atoms with Gasteiger partial charge in [-0.3, -0.25) is 4.98 Å². The lowest BCUT2D eigenvalue weighted by Gasteiger charge is -2.06. The van der Waals surface area contributed by atoms with E-state index in [9.17, 15) is 0 Å². The third kappa shape index (κ3) is 7.51. The summed E-state index contributed by atoms with van der Waals surface area (Å²) in [5, 5.41) is 0. The van der Waals surface area contributed by atoms with Crippen molar-refractivity contribution in [1.29, 1.82) is 0 Å². The number of pyridine rings is 1. The van der Waals surface area contributed by atoms with E-state index in [4.69, 9.17) is 4.74 Å². The lowest BCUT2D eigenvalue weighted by Crippen LogP contribution is -1.99. The Morgan fingerprint density at radius 3 is 2.08 bits per heavy atom. The van der Waals surface area contributed by atoms with E-state index in [1.165, 1.54) is 51.4 Å². The largest absolute Gasteiger partial charge is 0.490 e. The highest BCUT2D eigenvalue weighted by molar-refractivity contribution is 5.53. The van der Waals surface area contributed by atoms with Crippen molar-refractivity contribution < 1.29 is 4.74 Å². The Labute approximate surface area is 158 Å². The molecular weight excluding hydrogens is 322 g/mol. The summed E-state index contributed by atoms with van der Waals surface area (Å²) in [5.74, 6) is 1.44. The first kappa shape index (κ1) is 20.3. The second-order valence-corrected chi connectivity index (χ2v) is 6.85. The Bertz CT molecular complexity index is 596. The monoisotopic (exact) mass is 355 g/mol. The van der Waals surface area contributed by atoms with E-state index >= 15 is 0 Å². The maximum Gasteiger partial charge on any atom is 0.160 e. The summed E-state index contributed by atoms with van der Waals surface area (Å²) in [6.07, 6.45) is 17.7. The highest BCUT2D eigenvalue weighted by atomic mass is 16.5. The first-order valence-electron chi connectivity index (χ1n) is 10.2. The zero-order valence-electron chi connectivity index (χ0n) is 16.4. The Kier molecular flexibility index (Phi) is 9.70. The van der Waals surface area contributed by atoms with Gasteiger partial charge in [-0.15, -0.1) is 0 Å². The van der Waals surface area contributed by atoms with Gasteiger partial charge in [0.15, 0.2) is 11.6 Å². The number of unbranched alkanes of at least 4 members (excludes halogenated alkanes) is 7. The van der Waals surface area contributed by atoms with Crippen LogP contribution < -0.4 is 4.74 Å². The molecule has 0 spiro atoms. The van der Waals surface area contributed by atoms with Gasteiger partial charge in [0.05, 0.1) is 19.0 Å². The van der Waals surface area contributed by atoms with E-state index in [-0.39, 0.29) is 0 Å². The summed E-state index contributed by atoms with van der Waals surface area (Å²) in [6, 6.07) is 4.15. The Hall–Kier alpha value is -1.97. The molecule has 4 nitrogen and oxygen atoms in total. The summed E-state index contributed by atoms with van der Waals surface area (Å²) in [5.41, 5.74) is 2.10. The molecule has 142 valence electrons. The van der Waals surface area contributed by atoms with E-state index in [2.05, 4.69) is 40.9 Å². The minimum Gasteiger partial charge on any atom is -0.490 e. The van der Waals surface area contributed by atoms with E-state index in [0.29, 0.717) is 5.82 Å². The van der Waals surface area contributed by atoms with Crippen molar-refractivity contribution in [1.82, 2.24) is 15.0 Å². The molecule has 0 fully saturated rings. The van der Waals surface area contributed by atoms with Crippen LogP contribution in [0.5, 0.6) is 5.75 Å². The highest BCUT2D eigenvalue weighted by Gasteiger charge is 2.04. The molecule has 0 radical (unpaired) electrons. The minimum atomic E-state index is 0.699. The van der Waals surface area contributed by atoms with Crippen molar-refractivity contribution in [2.45, 2.75) is 78.1 Å². The average molecular weight is 356 g/mol. The molecule has 26 heavy (non-hydrogen) atoms. The van der Waals surface area contributed by atoms with Crippen molar-refractivity contribution in [2.75, 3.05) is 6.61 Å². The predicted octanol–water partition coefficient (Wildman–Crippen LogP) is 6.01. The number of rotatable bonds is 13. The fourth-order valence-electron chi connectivity index (χ4n) is 2.87. The zero-order chi connectivity index (χ0) is 18.5. The Morgan fingerprint density at radius 1 is 0.731 bits per heavy atom. The first-order chi connectivity index (χ1) is 12.8. The fraction of sp³-hybridized carbons (Fsp3) is 0.591. The molecule has 0 amide bonds. The predicted molar refractivity (Wildman–Crippen MR) is 107 cm³/mol. The number of nitrogens with zero attached hydrogens (tertiary/aromatic N) is 3. The van der Waals surface area contributed by atoms with Crippen LogP contribution in [-0.4, -0.2) is 21.6 Å². The molecule has 0 aliphatic rings. The second kappa shape index (κ2) is 12.4. The van der Waals surface area contributed by atoms with Crippen LogP contribution in [0.3, 0.4) is 0 Å². The fourth-order valence-corrected chi connectivity index (χ4v) is 2.87. The summed E-state index contributed by atoms with van der Waals surface area (Å²) < 4.78 is 5.72. The molecule has 0 bridgehead atoms. The van der Waals surface area contributed by atoms with Gasteiger partial charge in [0, 0.05) is 17.5 Å². The summed E-state index contributed by atoms with van der Waals surface area (Å²) in [7, 11) is 0. The SMILES string of the molecule is CCCCCCCOc1cnc(-c2ccc(CCCCCC)nc2)nc1. The van der Waals surface area contributed by atoms with Crippen molar-refractivity contribution in [3.8, 4) is 17.1 Å². The van der Waals surface area contributed by atoms with Gasteiger partial charge in [-0.1, -0.05) is 58.8 Å². The van der Waals surface area contributed by atoms with Crippen LogP contribution in [-0.2, 0) is 6.42 Å². The molecule has 0 saturated heterocycles.